The van der Waals surface area contributed by atoms with E-state index in [-0.39, 0.29) is 5.82 Å². The molecule has 1 heteroatoms. The molecule has 0 nitrogen and oxygen atoms in total. The van der Waals surface area contributed by atoms with E-state index in [1.54, 1.807) is 0 Å². The summed E-state index contributed by atoms with van der Waals surface area (Å²) >= 11 is 0. The molecule has 0 saturated heterocycles. The molecule has 1 aromatic rings. The summed E-state index contributed by atoms with van der Waals surface area (Å²) in [5.41, 5.74) is 5.05. The fourth-order valence-electron chi connectivity index (χ4n) is 1.90. The Morgan fingerprint density at radius 2 is 2.25 bits per heavy atom. The lowest BCUT2D eigenvalue weighted by Gasteiger charge is -2.05. The molecule has 1 aliphatic carbocycles. The standard InChI is InChI=1S/C11H11B/c1-7-4-3-5-9-6-10(12)8(2)11(7)9/h3-5,10H,2,6H2,1H3. The maximum atomic E-state index is 5.90. The normalized spacial score (nSPS) is 21.1. The van der Waals surface area contributed by atoms with E-state index in [9.17, 15) is 0 Å². The van der Waals surface area contributed by atoms with Crippen LogP contribution in [0.25, 0.3) is 5.57 Å². The van der Waals surface area contributed by atoms with Gasteiger partial charge in [-0.25, -0.2) is 0 Å². The van der Waals surface area contributed by atoms with Crippen molar-refractivity contribution in [1.29, 1.82) is 0 Å². The summed E-state index contributed by atoms with van der Waals surface area (Å²) in [7, 11) is 5.90. The minimum absolute atomic E-state index is 0.140. The third kappa shape index (κ3) is 0.928. The van der Waals surface area contributed by atoms with Crippen LogP contribution >= 0.6 is 0 Å². The Hall–Kier alpha value is -0.975. The van der Waals surface area contributed by atoms with E-state index >= 15 is 0 Å². The van der Waals surface area contributed by atoms with Gasteiger partial charge in [-0.3, -0.25) is 0 Å². The van der Waals surface area contributed by atoms with Crippen LogP contribution in [-0.4, -0.2) is 7.85 Å². The molecule has 0 bridgehead atoms. The summed E-state index contributed by atoms with van der Waals surface area (Å²) in [6, 6.07) is 6.34. The Kier molecular flexibility index (Phi) is 1.60. The molecule has 0 saturated carbocycles. The molecule has 0 aliphatic heterocycles. The molecule has 1 aliphatic rings. The first kappa shape index (κ1) is 7.66. The third-order valence-electron chi connectivity index (χ3n) is 2.57. The highest BCUT2D eigenvalue weighted by Gasteiger charge is 2.21. The van der Waals surface area contributed by atoms with Crippen LogP contribution in [0.15, 0.2) is 24.8 Å². The SMILES string of the molecule is [B]C1Cc2cccc(C)c2C1=C. The Labute approximate surface area is 74.7 Å². The maximum Gasteiger partial charge on any atom is 0.0768 e. The lowest BCUT2D eigenvalue weighted by molar-refractivity contribution is 1.07. The van der Waals surface area contributed by atoms with Gasteiger partial charge in [-0.15, -0.1) is 0 Å². The van der Waals surface area contributed by atoms with Crippen LogP contribution < -0.4 is 0 Å². The van der Waals surface area contributed by atoms with Crippen molar-refractivity contribution in [3.05, 3.63) is 41.5 Å². The molecule has 1 atom stereocenters. The second-order valence-corrected chi connectivity index (χ2v) is 3.44. The van der Waals surface area contributed by atoms with Crippen LogP contribution in [0.1, 0.15) is 16.7 Å². The molecular formula is C11H11B. The molecule has 12 heavy (non-hydrogen) atoms. The van der Waals surface area contributed by atoms with Gasteiger partial charge in [0.05, 0.1) is 7.85 Å². The number of benzene rings is 1. The van der Waals surface area contributed by atoms with Gasteiger partial charge in [0.1, 0.15) is 0 Å². The second-order valence-electron chi connectivity index (χ2n) is 3.44. The summed E-state index contributed by atoms with van der Waals surface area (Å²) in [5.74, 6) is 0.140. The number of rotatable bonds is 0. The van der Waals surface area contributed by atoms with Crippen LogP contribution in [-0.2, 0) is 6.42 Å². The van der Waals surface area contributed by atoms with E-state index in [2.05, 4.69) is 31.7 Å². The van der Waals surface area contributed by atoms with Crippen LogP contribution in [0.4, 0.5) is 0 Å². The van der Waals surface area contributed by atoms with E-state index in [1.165, 1.54) is 16.7 Å². The van der Waals surface area contributed by atoms with Crippen LogP contribution in [0.5, 0.6) is 0 Å². The van der Waals surface area contributed by atoms with E-state index in [0.29, 0.717) is 0 Å². The number of fused-ring (bicyclic) bond motifs is 1. The summed E-state index contributed by atoms with van der Waals surface area (Å²) in [6.45, 7) is 6.13. The minimum atomic E-state index is 0.140. The summed E-state index contributed by atoms with van der Waals surface area (Å²) in [6.07, 6.45) is 0.954. The van der Waals surface area contributed by atoms with Gasteiger partial charge in [-0.05, 0) is 35.9 Å². The van der Waals surface area contributed by atoms with Crippen molar-refractivity contribution < 1.29 is 0 Å². The molecule has 0 spiro atoms. The van der Waals surface area contributed by atoms with Gasteiger partial charge in [0.15, 0.2) is 0 Å². The van der Waals surface area contributed by atoms with Gasteiger partial charge < -0.3 is 0 Å². The first-order valence-electron chi connectivity index (χ1n) is 4.23. The van der Waals surface area contributed by atoms with E-state index in [1.807, 2.05) is 0 Å². The molecule has 0 aromatic heterocycles. The first-order valence-corrected chi connectivity index (χ1v) is 4.23. The molecule has 0 heterocycles. The topological polar surface area (TPSA) is 0 Å². The highest BCUT2D eigenvalue weighted by Crippen LogP contribution is 2.39. The van der Waals surface area contributed by atoms with Gasteiger partial charge in [0.25, 0.3) is 0 Å². The number of hydrogen-bond acceptors (Lipinski definition) is 0. The Balaban J connectivity index is 2.62. The second kappa shape index (κ2) is 2.51. The predicted molar refractivity (Wildman–Crippen MR) is 53.4 cm³/mol. The van der Waals surface area contributed by atoms with Crippen molar-refractivity contribution in [1.82, 2.24) is 0 Å². The predicted octanol–water partition coefficient (Wildman–Crippen LogP) is 2.52. The first-order chi connectivity index (χ1) is 5.70. The molecule has 1 unspecified atom stereocenters. The largest absolute Gasteiger partial charge is 0.0957 e. The average Bonchev–Trinajstić information content (AvgIpc) is 2.29. The fourth-order valence-corrected chi connectivity index (χ4v) is 1.90. The molecule has 0 fully saturated rings. The van der Waals surface area contributed by atoms with Gasteiger partial charge >= 0.3 is 0 Å². The highest BCUT2D eigenvalue weighted by atomic mass is 14.2. The third-order valence-corrected chi connectivity index (χ3v) is 2.57. The zero-order valence-corrected chi connectivity index (χ0v) is 7.30. The molecule has 58 valence electrons. The van der Waals surface area contributed by atoms with Crippen LogP contribution in [0.2, 0.25) is 5.82 Å². The minimum Gasteiger partial charge on any atom is -0.0957 e. The van der Waals surface area contributed by atoms with Gasteiger partial charge in [0, 0.05) is 0 Å². The highest BCUT2D eigenvalue weighted by molar-refractivity contribution is 6.19. The summed E-state index contributed by atoms with van der Waals surface area (Å²) in [5, 5.41) is 0. The smallest absolute Gasteiger partial charge is 0.0768 e. The Bertz CT molecular complexity index is 339. The van der Waals surface area contributed by atoms with E-state index < -0.39 is 0 Å². The van der Waals surface area contributed by atoms with Crippen molar-refractivity contribution in [2.75, 3.05) is 0 Å². The number of aryl methyl sites for hydroxylation is 1. The molecular weight excluding hydrogens is 143 g/mol. The Morgan fingerprint density at radius 1 is 1.50 bits per heavy atom. The molecule has 2 radical (unpaired) electrons. The average molecular weight is 154 g/mol. The molecule has 0 N–H and O–H groups in total. The van der Waals surface area contributed by atoms with Crippen molar-refractivity contribution in [2.24, 2.45) is 0 Å². The number of hydrogen-bond donors (Lipinski definition) is 0. The van der Waals surface area contributed by atoms with Crippen LogP contribution in [0.3, 0.4) is 0 Å². The molecule has 2 rings (SSSR count). The number of allylic oxidation sites excluding steroid dienone is 1. The summed E-state index contributed by atoms with van der Waals surface area (Å²) in [4.78, 5) is 0. The summed E-state index contributed by atoms with van der Waals surface area (Å²) < 4.78 is 0. The van der Waals surface area contributed by atoms with Gasteiger partial charge in [0.2, 0.25) is 0 Å². The molecule has 1 aromatic carbocycles. The Morgan fingerprint density at radius 3 is 2.92 bits per heavy atom. The molecule has 0 amide bonds. The van der Waals surface area contributed by atoms with Crippen molar-refractivity contribution in [3.8, 4) is 0 Å². The van der Waals surface area contributed by atoms with Crippen molar-refractivity contribution >= 4 is 13.4 Å². The van der Waals surface area contributed by atoms with Crippen molar-refractivity contribution in [3.63, 3.8) is 0 Å². The fraction of sp³-hybridized carbons (Fsp3) is 0.273. The maximum absolute atomic E-state index is 5.90. The zero-order chi connectivity index (χ0) is 8.72. The van der Waals surface area contributed by atoms with Crippen LogP contribution in [0, 0.1) is 6.92 Å². The van der Waals surface area contributed by atoms with Gasteiger partial charge in [-0.1, -0.05) is 30.4 Å². The quantitative estimate of drug-likeness (QED) is 0.503. The lowest BCUT2D eigenvalue weighted by Crippen LogP contribution is -1.87. The van der Waals surface area contributed by atoms with E-state index in [4.69, 9.17) is 7.85 Å². The van der Waals surface area contributed by atoms with Gasteiger partial charge in [-0.2, -0.15) is 0 Å². The lowest BCUT2D eigenvalue weighted by atomic mass is 9.82. The van der Waals surface area contributed by atoms with Crippen molar-refractivity contribution in [2.45, 2.75) is 19.2 Å². The zero-order valence-electron chi connectivity index (χ0n) is 7.30. The van der Waals surface area contributed by atoms with E-state index in [0.717, 1.165) is 12.0 Å². The monoisotopic (exact) mass is 154 g/mol.